The van der Waals surface area contributed by atoms with Crippen LogP contribution in [0.3, 0.4) is 0 Å². The fraction of sp³-hybridized carbons (Fsp3) is 0.310. The van der Waals surface area contributed by atoms with Crippen molar-refractivity contribution in [1.29, 1.82) is 0 Å². The third kappa shape index (κ3) is 5.91. The van der Waals surface area contributed by atoms with Gasteiger partial charge >= 0.3 is 0 Å². The molecule has 1 aliphatic heterocycles. The SMILES string of the molecule is Cc1cc(CN2CCN(c3nccc(Nc4cc(C5CC5)[nH]n4)n3)CC2)ccc1NC(=O)c1ccccc1F. The number of halogens is 1. The van der Waals surface area contributed by atoms with Gasteiger partial charge in [-0.05, 0) is 55.2 Å². The molecule has 0 bridgehead atoms. The number of anilines is 4. The van der Waals surface area contributed by atoms with E-state index >= 15 is 0 Å². The number of aryl methyl sites for hydroxylation is 1. The van der Waals surface area contributed by atoms with E-state index in [1.807, 2.05) is 25.1 Å². The van der Waals surface area contributed by atoms with Crippen LogP contribution >= 0.6 is 0 Å². The summed E-state index contributed by atoms with van der Waals surface area (Å²) in [6.07, 6.45) is 4.23. The normalized spacial score (nSPS) is 15.8. The van der Waals surface area contributed by atoms with E-state index in [9.17, 15) is 9.18 Å². The Hall–Kier alpha value is -4.31. The maximum Gasteiger partial charge on any atom is 0.258 e. The highest BCUT2D eigenvalue weighted by Crippen LogP contribution is 2.39. The minimum absolute atomic E-state index is 0.0352. The topological polar surface area (TPSA) is 102 Å². The highest BCUT2D eigenvalue weighted by molar-refractivity contribution is 6.04. The molecule has 9 nitrogen and oxygen atoms in total. The number of nitrogens with one attached hydrogen (secondary N) is 3. The predicted molar refractivity (Wildman–Crippen MR) is 149 cm³/mol. The molecule has 3 N–H and O–H groups in total. The van der Waals surface area contributed by atoms with Gasteiger partial charge in [0.1, 0.15) is 11.6 Å². The summed E-state index contributed by atoms with van der Waals surface area (Å²) in [5.41, 5.74) is 4.00. The molecule has 39 heavy (non-hydrogen) atoms. The minimum Gasteiger partial charge on any atom is -0.338 e. The predicted octanol–water partition coefficient (Wildman–Crippen LogP) is 4.84. The van der Waals surface area contributed by atoms with E-state index in [1.54, 1.807) is 18.3 Å². The largest absolute Gasteiger partial charge is 0.338 e. The van der Waals surface area contributed by atoms with Gasteiger partial charge in [-0.3, -0.25) is 14.8 Å². The third-order valence-electron chi connectivity index (χ3n) is 7.23. The second-order valence-corrected chi connectivity index (χ2v) is 10.2. The van der Waals surface area contributed by atoms with E-state index in [0.717, 1.165) is 55.5 Å². The smallest absolute Gasteiger partial charge is 0.258 e. The molecule has 1 saturated heterocycles. The molecule has 2 aromatic heterocycles. The van der Waals surface area contributed by atoms with Crippen LogP contribution in [0.2, 0.25) is 0 Å². The summed E-state index contributed by atoms with van der Waals surface area (Å²) in [5.74, 6) is 1.86. The second kappa shape index (κ2) is 10.8. The average molecular weight is 527 g/mol. The van der Waals surface area contributed by atoms with Crippen molar-refractivity contribution in [3.63, 3.8) is 0 Å². The molecular formula is C29H31FN8O. The van der Waals surface area contributed by atoms with Crippen LogP contribution in [0.4, 0.5) is 27.7 Å². The van der Waals surface area contributed by atoms with Gasteiger partial charge in [0.15, 0.2) is 5.82 Å². The molecule has 6 rings (SSSR count). The number of aromatic nitrogens is 4. The lowest BCUT2D eigenvalue weighted by Gasteiger charge is -2.34. The second-order valence-electron chi connectivity index (χ2n) is 10.2. The molecule has 4 aromatic rings. The zero-order chi connectivity index (χ0) is 26.8. The van der Waals surface area contributed by atoms with E-state index in [4.69, 9.17) is 4.98 Å². The number of carbonyl (C=O) groups excluding carboxylic acids is 1. The number of H-pyrrole nitrogens is 1. The van der Waals surface area contributed by atoms with Crippen molar-refractivity contribution in [3.05, 3.63) is 89.0 Å². The van der Waals surface area contributed by atoms with Gasteiger partial charge < -0.3 is 15.5 Å². The molecule has 2 fully saturated rings. The van der Waals surface area contributed by atoms with Gasteiger partial charge in [0.05, 0.1) is 5.56 Å². The van der Waals surface area contributed by atoms with Crippen LogP contribution in [-0.4, -0.2) is 57.2 Å². The van der Waals surface area contributed by atoms with Gasteiger partial charge in [0.25, 0.3) is 5.91 Å². The Bertz CT molecular complexity index is 1480. The molecule has 1 amide bonds. The molecule has 0 radical (unpaired) electrons. The third-order valence-corrected chi connectivity index (χ3v) is 7.23. The number of amides is 1. The molecule has 0 spiro atoms. The summed E-state index contributed by atoms with van der Waals surface area (Å²) in [7, 11) is 0. The van der Waals surface area contributed by atoms with E-state index in [0.29, 0.717) is 17.6 Å². The Morgan fingerprint density at radius 2 is 1.87 bits per heavy atom. The summed E-state index contributed by atoms with van der Waals surface area (Å²) < 4.78 is 14.0. The quantitative estimate of drug-likeness (QED) is 0.302. The van der Waals surface area contributed by atoms with Crippen molar-refractivity contribution >= 4 is 29.2 Å². The van der Waals surface area contributed by atoms with E-state index < -0.39 is 11.7 Å². The first kappa shape index (κ1) is 25.0. The summed E-state index contributed by atoms with van der Waals surface area (Å²) in [6, 6.07) is 15.9. The minimum atomic E-state index is -0.531. The lowest BCUT2D eigenvalue weighted by molar-refractivity contribution is 0.102. The number of carbonyl (C=O) groups is 1. The van der Waals surface area contributed by atoms with Crippen LogP contribution in [0, 0.1) is 12.7 Å². The molecule has 2 aliphatic rings. The number of hydrogen-bond donors (Lipinski definition) is 3. The summed E-state index contributed by atoms with van der Waals surface area (Å²) in [5, 5.41) is 13.6. The maximum atomic E-state index is 14.0. The van der Waals surface area contributed by atoms with Crippen molar-refractivity contribution in [2.75, 3.05) is 41.7 Å². The number of benzene rings is 2. The van der Waals surface area contributed by atoms with Crippen molar-refractivity contribution < 1.29 is 9.18 Å². The molecule has 1 saturated carbocycles. The fourth-order valence-corrected chi connectivity index (χ4v) is 4.87. The molecule has 3 heterocycles. The first-order chi connectivity index (χ1) is 19.0. The molecule has 200 valence electrons. The Morgan fingerprint density at radius 1 is 1.05 bits per heavy atom. The first-order valence-electron chi connectivity index (χ1n) is 13.3. The van der Waals surface area contributed by atoms with Crippen LogP contribution < -0.4 is 15.5 Å². The van der Waals surface area contributed by atoms with Crippen molar-refractivity contribution in [1.82, 2.24) is 25.1 Å². The number of nitrogens with zero attached hydrogens (tertiary/aromatic N) is 5. The Morgan fingerprint density at radius 3 is 2.64 bits per heavy atom. The number of rotatable bonds is 8. The molecule has 1 aliphatic carbocycles. The summed E-state index contributed by atoms with van der Waals surface area (Å²) >= 11 is 0. The van der Waals surface area contributed by atoms with Gasteiger partial charge in [0, 0.05) is 62.3 Å². The molecule has 0 unspecified atom stereocenters. The van der Waals surface area contributed by atoms with Crippen LogP contribution in [0.1, 0.15) is 45.9 Å². The van der Waals surface area contributed by atoms with Crippen molar-refractivity contribution in [2.45, 2.75) is 32.2 Å². The van der Waals surface area contributed by atoms with E-state index in [1.165, 1.54) is 30.7 Å². The van der Waals surface area contributed by atoms with Crippen LogP contribution in [0.5, 0.6) is 0 Å². The first-order valence-corrected chi connectivity index (χ1v) is 13.3. The summed E-state index contributed by atoms with van der Waals surface area (Å²) in [4.78, 5) is 26.3. The summed E-state index contributed by atoms with van der Waals surface area (Å²) in [6.45, 7) is 6.18. The Kier molecular flexibility index (Phi) is 6.93. The fourth-order valence-electron chi connectivity index (χ4n) is 4.87. The van der Waals surface area contributed by atoms with Gasteiger partial charge in [-0.1, -0.05) is 24.3 Å². The molecule has 10 heteroatoms. The average Bonchev–Trinajstić information content (AvgIpc) is 3.69. The Balaban J connectivity index is 1.02. The van der Waals surface area contributed by atoms with Gasteiger partial charge in [-0.2, -0.15) is 10.1 Å². The number of aromatic amines is 1. The van der Waals surface area contributed by atoms with Gasteiger partial charge in [-0.25, -0.2) is 9.37 Å². The Labute approximate surface area is 226 Å². The highest BCUT2D eigenvalue weighted by atomic mass is 19.1. The van der Waals surface area contributed by atoms with Crippen molar-refractivity contribution in [2.24, 2.45) is 0 Å². The zero-order valence-corrected chi connectivity index (χ0v) is 21.8. The number of piperazine rings is 1. The molecule has 2 aromatic carbocycles. The van der Waals surface area contributed by atoms with Crippen LogP contribution in [0.15, 0.2) is 60.8 Å². The standard InChI is InChI=1S/C29H31FN8O/c1-19-16-20(6-9-24(19)32-28(39)22-4-2-3-5-23(22)30)18-37-12-14-38(15-13-37)29-31-11-10-26(34-29)33-27-17-25(35-36-27)21-7-8-21/h2-6,9-11,16-17,21H,7-8,12-15,18H2,1H3,(H,32,39)(H2,31,33,34,35,36). The van der Waals surface area contributed by atoms with Crippen molar-refractivity contribution in [3.8, 4) is 0 Å². The highest BCUT2D eigenvalue weighted by Gasteiger charge is 2.25. The monoisotopic (exact) mass is 526 g/mol. The molecule has 0 atom stereocenters. The van der Waals surface area contributed by atoms with Crippen LogP contribution in [-0.2, 0) is 6.54 Å². The maximum absolute atomic E-state index is 14.0. The number of hydrogen-bond acceptors (Lipinski definition) is 7. The van der Waals surface area contributed by atoms with Crippen LogP contribution in [0.25, 0.3) is 0 Å². The van der Waals surface area contributed by atoms with Gasteiger partial charge in [-0.15, -0.1) is 0 Å². The van der Waals surface area contributed by atoms with E-state index in [-0.39, 0.29) is 5.56 Å². The zero-order valence-electron chi connectivity index (χ0n) is 21.8. The lowest BCUT2D eigenvalue weighted by Crippen LogP contribution is -2.46. The van der Waals surface area contributed by atoms with E-state index in [2.05, 4.69) is 47.7 Å². The molecular weight excluding hydrogens is 495 g/mol. The lowest BCUT2D eigenvalue weighted by atomic mass is 10.1. The van der Waals surface area contributed by atoms with Gasteiger partial charge in [0.2, 0.25) is 5.95 Å².